The number of carbonyl (C=O) groups is 1. The number of hydrogen-bond donors (Lipinski definition) is 1. The summed E-state index contributed by atoms with van der Waals surface area (Å²) in [6, 6.07) is 15.0. The summed E-state index contributed by atoms with van der Waals surface area (Å²) in [5.74, 6) is 0.859. The van der Waals surface area contributed by atoms with Crippen molar-refractivity contribution in [2.24, 2.45) is 0 Å². The van der Waals surface area contributed by atoms with Gasteiger partial charge >= 0.3 is 0 Å². The SMILES string of the molecule is COc1ccc(S(=O)(=O)N(C)CC(=O)N[C@H](C)COc2ccccc2)cc1. The number of nitrogens with zero attached hydrogens (tertiary/aromatic N) is 1. The van der Waals surface area contributed by atoms with Gasteiger partial charge in [0, 0.05) is 7.05 Å². The van der Waals surface area contributed by atoms with Crippen molar-refractivity contribution in [2.45, 2.75) is 17.9 Å². The van der Waals surface area contributed by atoms with Gasteiger partial charge in [-0.05, 0) is 43.3 Å². The molecule has 0 spiro atoms. The largest absolute Gasteiger partial charge is 0.497 e. The Morgan fingerprint density at radius 2 is 1.70 bits per heavy atom. The maximum atomic E-state index is 12.5. The quantitative estimate of drug-likeness (QED) is 0.705. The zero-order valence-electron chi connectivity index (χ0n) is 15.6. The smallest absolute Gasteiger partial charge is 0.243 e. The second-order valence-corrected chi connectivity index (χ2v) is 8.07. The molecule has 0 unspecified atom stereocenters. The molecule has 146 valence electrons. The molecule has 27 heavy (non-hydrogen) atoms. The standard InChI is InChI=1S/C19H24N2O5S/c1-15(14-26-17-7-5-4-6-8-17)20-19(22)13-21(2)27(23,24)18-11-9-16(25-3)10-12-18/h4-12,15H,13-14H2,1-3H3,(H,20,22)/t15-/m1/s1. The molecule has 0 heterocycles. The van der Waals surface area contributed by atoms with Gasteiger partial charge in [-0.1, -0.05) is 18.2 Å². The molecule has 0 saturated heterocycles. The van der Waals surface area contributed by atoms with E-state index in [1.54, 1.807) is 19.1 Å². The van der Waals surface area contributed by atoms with Crippen LogP contribution < -0.4 is 14.8 Å². The van der Waals surface area contributed by atoms with Gasteiger partial charge in [0.15, 0.2) is 0 Å². The minimum atomic E-state index is -3.76. The lowest BCUT2D eigenvalue weighted by Gasteiger charge is -2.19. The maximum Gasteiger partial charge on any atom is 0.243 e. The van der Waals surface area contributed by atoms with E-state index in [1.807, 2.05) is 30.3 Å². The van der Waals surface area contributed by atoms with Crippen LogP contribution >= 0.6 is 0 Å². The van der Waals surface area contributed by atoms with Crippen LogP contribution in [0.3, 0.4) is 0 Å². The second kappa shape index (κ2) is 9.38. The number of hydrogen-bond acceptors (Lipinski definition) is 5. The molecule has 0 aliphatic carbocycles. The molecule has 0 saturated carbocycles. The van der Waals surface area contributed by atoms with Crippen LogP contribution in [-0.4, -0.2) is 52.0 Å². The molecule has 0 radical (unpaired) electrons. The summed E-state index contributed by atoms with van der Waals surface area (Å²) in [5, 5.41) is 2.73. The van der Waals surface area contributed by atoms with Crippen LogP contribution in [0.1, 0.15) is 6.92 Å². The van der Waals surface area contributed by atoms with Gasteiger partial charge in [0.1, 0.15) is 18.1 Å². The van der Waals surface area contributed by atoms with Crippen molar-refractivity contribution in [2.75, 3.05) is 27.3 Å². The van der Waals surface area contributed by atoms with Gasteiger partial charge < -0.3 is 14.8 Å². The third-order valence-corrected chi connectivity index (χ3v) is 5.60. The highest BCUT2D eigenvalue weighted by molar-refractivity contribution is 7.89. The van der Waals surface area contributed by atoms with E-state index in [2.05, 4.69) is 5.32 Å². The third kappa shape index (κ3) is 5.97. The lowest BCUT2D eigenvalue weighted by Crippen LogP contribution is -2.43. The normalized spacial score (nSPS) is 12.4. The van der Waals surface area contributed by atoms with Crippen molar-refractivity contribution in [3.05, 3.63) is 54.6 Å². The van der Waals surface area contributed by atoms with Crippen molar-refractivity contribution < 1.29 is 22.7 Å². The Bertz CT molecular complexity index is 838. The Kier molecular flexibility index (Phi) is 7.20. The number of rotatable bonds is 9. The fourth-order valence-corrected chi connectivity index (χ4v) is 3.44. The van der Waals surface area contributed by atoms with E-state index in [0.29, 0.717) is 11.5 Å². The molecule has 8 heteroatoms. The predicted octanol–water partition coefficient (Wildman–Crippen LogP) is 1.90. The highest BCUT2D eigenvalue weighted by Gasteiger charge is 2.23. The highest BCUT2D eigenvalue weighted by Crippen LogP contribution is 2.18. The Morgan fingerprint density at radius 1 is 1.07 bits per heavy atom. The first-order valence-electron chi connectivity index (χ1n) is 8.40. The predicted molar refractivity (Wildman–Crippen MR) is 102 cm³/mol. The van der Waals surface area contributed by atoms with Crippen LogP contribution in [0.5, 0.6) is 11.5 Å². The molecule has 0 bridgehead atoms. The fourth-order valence-electron chi connectivity index (χ4n) is 2.31. The molecule has 7 nitrogen and oxygen atoms in total. The monoisotopic (exact) mass is 392 g/mol. The van der Waals surface area contributed by atoms with E-state index < -0.39 is 15.9 Å². The van der Waals surface area contributed by atoms with Crippen molar-refractivity contribution in [1.82, 2.24) is 9.62 Å². The fraction of sp³-hybridized carbons (Fsp3) is 0.316. The van der Waals surface area contributed by atoms with Crippen molar-refractivity contribution in [3.63, 3.8) is 0 Å². The molecule has 1 N–H and O–H groups in total. The van der Waals surface area contributed by atoms with E-state index in [0.717, 1.165) is 4.31 Å². The van der Waals surface area contributed by atoms with Gasteiger partial charge in [0.05, 0.1) is 24.6 Å². The Labute approximate surface area is 160 Å². The summed E-state index contributed by atoms with van der Waals surface area (Å²) in [5.41, 5.74) is 0. The Hall–Kier alpha value is -2.58. The van der Waals surface area contributed by atoms with E-state index in [4.69, 9.17) is 9.47 Å². The zero-order valence-corrected chi connectivity index (χ0v) is 16.4. The number of ether oxygens (including phenoxy) is 2. The Balaban J connectivity index is 1.87. The summed E-state index contributed by atoms with van der Waals surface area (Å²) < 4.78 is 36.7. The van der Waals surface area contributed by atoms with Crippen LogP contribution in [0.2, 0.25) is 0 Å². The van der Waals surface area contributed by atoms with E-state index in [9.17, 15) is 13.2 Å². The van der Waals surface area contributed by atoms with Gasteiger partial charge in [-0.15, -0.1) is 0 Å². The van der Waals surface area contributed by atoms with E-state index >= 15 is 0 Å². The van der Waals surface area contributed by atoms with E-state index in [1.165, 1.54) is 26.3 Å². The van der Waals surface area contributed by atoms with Crippen molar-refractivity contribution in [3.8, 4) is 11.5 Å². The maximum absolute atomic E-state index is 12.5. The van der Waals surface area contributed by atoms with Gasteiger partial charge in [0.25, 0.3) is 0 Å². The van der Waals surface area contributed by atoms with Gasteiger partial charge in [-0.3, -0.25) is 4.79 Å². The zero-order chi connectivity index (χ0) is 19.9. The molecule has 0 aromatic heterocycles. The third-order valence-electron chi connectivity index (χ3n) is 3.78. The molecule has 1 atom stereocenters. The molecular formula is C19H24N2O5S. The van der Waals surface area contributed by atoms with Gasteiger partial charge in [0.2, 0.25) is 15.9 Å². The molecule has 0 aliphatic heterocycles. The number of sulfonamides is 1. The number of benzene rings is 2. The van der Waals surface area contributed by atoms with Crippen LogP contribution in [-0.2, 0) is 14.8 Å². The highest BCUT2D eigenvalue weighted by atomic mass is 32.2. The summed E-state index contributed by atoms with van der Waals surface area (Å²) in [6.45, 7) is 1.79. The number of nitrogens with one attached hydrogen (secondary N) is 1. The van der Waals surface area contributed by atoms with Crippen LogP contribution in [0, 0.1) is 0 Å². The molecule has 1 amide bonds. The topological polar surface area (TPSA) is 84.9 Å². The molecule has 0 fully saturated rings. The minimum Gasteiger partial charge on any atom is -0.497 e. The summed E-state index contributed by atoms with van der Waals surface area (Å²) in [6.07, 6.45) is 0. The molecule has 0 aliphatic rings. The average molecular weight is 392 g/mol. The van der Waals surface area contributed by atoms with Gasteiger partial charge in [-0.25, -0.2) is 8.42 Å². The first-order chi connectivity index (χ1) is 12.8. The Morgan fingerprint density at radius 3 is 2.30 bits per heavy atom. The molecular weight excluding hydrogens is 368 g/mol. The minimum absolute atomic E-state index is 0.0964. The lowest BCUT2D eigenvalue weighted by molar-refractivity contribution is -0.121. The van der Waals surface area contributed by atoms with Crippen LogP contribution in [0.4, 0.5) is 0 Å². The number of carbonyl (C=O) groups excluding carboxylic acids is 1. The van der Waals surface area contributed by atoms with E-state index in [-0.39, 0.29) is 24.1 Å². The van der Waals surface area contributed by atoms with Crippen LogP contribution in [0.25, 0.3) is 0 Å². The second-order valence-electron chi connectivity index (χ2n) is 6.03. The van der Waals surface area contributed by atoms with Crippen molar-refractivity contribution >= 4 is 15.9 Å². The molecule has 2 aromatic carbocycles. The average Bonchev–Trinajstić information content (AvgIpc) is 2.67. The molecule has 2 aromatic rings. The summed E-state index contributed by atoms with van der Waals surface area (Å²) >= 11 is 0. The first-order valence-corrected chi connectivity index (χ1v) is 9.84. The first kappa shape index (κ1) is 20.7. The summed E-state index contributed by atoms with van der Waals surface area (Å²) in [7, 11) is -0.896. The summed E-state index contributed by atoms with van der Waals surface area (Å²) in [4.78, 5) is 12.3. The lowest BCUT2D eigenvalue weighted by atomic mass is 10.3. The van der Waals surface area contributed by atoms with Gasteiger partial charge in [-0.2, -0.15) is 4.31 Å². The number of amides is 1. The van der Waals surface area contributed by atoms with Crippen molar-refractivity contribution in [1.29, 1.82) is 0 Å². The number of methoxy groups -OCH3 is 1. The number of likely N-dealkylation sites (N-methyl/N-ethyl adjacent to an activating group) is 1. The molecule has 2 rings (SSSR count). The number of para-hydroxylation sites is 1. The van der Waals surface area contributed by atoms with Crippen LogP contribution in [0.15, 0.2) is 59.5 Å².